The van der Waals surface area contributed by atoms with Crippen LogP contribution < -0.4 is 5.73 Å². The van der Waals surface area contributed by atoms with Gasteiger partial charge in [-0.3, -0.25) is 0 Å². The van der Waals surface area contributed by atoms with Gasteiger partial charge in [-0.2, -0.15) is 4.98 Å². The van der Waals surface area contributed by atoms with Crippen LogP contribution >= 0.6 is 23.7 Å². The molecular formula is C17H18ClN3OS. The van der Waals surface area contributed by atoms with Crippen molar-refractivity contribution in [3.05, 3.63) is 47.1 Å². The van der Waals surface area contributed by atoms with Gasteiger partial charge in [0.25, 0.3) is 5.89 Å². The number of nitrogens with zero attached hydrogens (tertiary/aromatic N) is 2. The number of hydrogen-bond donors (Lipinski definition) is 1. The van der Waals surface area contributed by atoms with Crippen molar-refractivity contribution >= 4 is 23.7 Å². The number of benzene rings is 1. The third kappa shape index (κ3) is 2.80. The van der Waals surface area contributed by atoms with E-state index in [0.717, 1.165) is 35.3 Å². The van der Waals surface area contributed by atoms with E-state index in [4.69, 9.17) is 10.3 Å². The molecule has 1 aliphatic rings. The summed E-state index contributed by atoms with van der Waals surface area (Å²) < 4.78 is 5.49. The van der Waals surface area contributed by atoms with Gasteiger partial charge < -0.3 is 10.3 Å². The Labute approximate surface area is 145 Å². The molecule has 1 aromatic carbocycles. The number of aryl methyl sites for hydroxylation is 1. The second-order valence-electron chi connectivity index (χ2n) is 5.96. The number of thiophene rings is 1. The summed E-state index contributed by atoms with van der Waals surface area (Å²) in [6.45, 7) is 2.09. The lowest BCUT2D eigenvalue weighted by Crippen LogP contribution is -2.44. The zero-order chi connectivity index (χ0) is 15.2. The maximum Gasteiger partial charge on any atom is 0.268 e. The van der Waals surface area contributed by atoms with Gasteiger partial charge in [0.15, 0.2) is 5.82 Å². The SMILES string of the molecule is Cc1ccc(-c2ccsc2-c2nc(C3(N)CCC3)no2)cc1.Cl. The van der Waals surface area contributed by atoms with Gasteiger partial charge in [-0.05, 0) is 43.2 Å². The first-order valence-corrected chi connectivity index (χ1v) is 8.32. The monoisotopic (exact) mass is 347 g/mol. The van der Waals surface area contributed by atoms with Crippen molar-refractivity contribution in [2.24, 2.45) is 5.73 Å². The van der Waals surface area contributed by atoms with Crippen molar-refractivity contribution in [1.82, 2.24) is 10.1 Å². The average Bonchev–Trinajstić information content (AvgIpc) is 3.14. The highest BCUT2D eigenvalue weighted by Gasteiger charge is 2.39. The Balaban J connectivity index is 0.00000156. The van der Waals surface area contributed by atoms with Gasteiger partial charge in [0.05, 0.1) is 5.54 Å². The molecule has 1 saturated carbocycles. The molecule has 2 heterocycles. The molecular weight excluding hydrogens is 330 g/mol. The van der Waals surface area contributed by atoms with E-state index in [9.17, 15) is 0 Å². The summed E-state index contributed by atoms with van der Waals surface area (Å²) in [5.41, 5.74) is 9.42. The smallest absolute Gasteiger partial charge is 0.268 e. The second-order valence-corrected chi connectivity index (χ2v) is 6.88. The minimum Gasteiger partial charge on any atom is -0.333 e. The summed E-state index contributed by atoms with van der Waals surface area (Å²) >= 11 is 1.61. The number of aromatic nitrogens is 2. The number of halogens is 1. The first kappa shape index (κ1) is 16.2. The molecule has 4 rings (SSSR count). The zero-order valence-corrected chi connectivity index (χ0v) is 14.4. The van der Waals surface area contributed by atoms with E-state index in [0.29, 0.717) is 11.7 Å². The van der Waals surface area contributed by atoms with E-state index in [-0.39, 0.29) is 17.9 Å². The van der Waals surface area contributed by atoms with Crippen LogP contribution in [0, 0.1) is 6.92 Å². The summed E-state index contributed by atoms with van der Waals surface area (Å²) in [4.78, 5) is 5.56. The van der Waals surface area contributed by atoms with Gasteiger partial charge in [-0.25, -0.2) is 0 Å². The molecule has 23 heavy (non-hydrogen) atoms. The van der Waals surface area contributed by atoms with Crippen LogP contribution in [-0.4, -0.2) is 10.1 Å². The molecule has 0 saturated heterocycles. The van der Waals surface area contributed by atoms with E-state index in [2.05, 4.69) is 52.8 Å². The lowest BCUT2D eigenvalue weighted by molar-refractivity contribution is 0.229. The predicted molar refractivity (Wildman–Crippen MR) is 94.7 cm³/mol. The van der Waals surface area contributed by atoms with E-state index in [1.807, 2.05) is 0 Å². The lowest BCUT2D eigenvalue weighted by Gasteiger charge is -2.34. The van der Waals surface area contributed by atoms with Crippen molar-refractivity contribution in [2.75, 3.05) is 0 Å². The van der Waals surface area contributed by atoms with Crippen LogP contribution in [0.5, 0.6) is 0 Å². The van der Waals surface area contributed by atoms with Gasteiger partial charge in [-0.1, -0.05) is 35.0 Å². The van der Waals surface area contributed by atoms with Gasteiger partial charge in [-0.15, -0.1) is 23.7 Å². The number of nitrogens with two attached hydrogens (primary N) is 1. The summed E-state index contributed by atoms with van der Waals surface area (Å²) in [6.07, 6.45) is 3.00. The summed E-state index contributed by atoms with van der Waals surface area (Å²) in [6, 6.07) is 10.6. The topological polar surface area (TPSA) is 64.9 Å². The van der Waals surface area contributed by atoms with Crippen molar-refractivity contribution in [2.45, 2.75) is 31.7 Å². The zero-order valence-electron chi connectivity index (χ0n) is 12.8. The standard InChI is InChI=1S/C17H17N3OS.ClH/c1-11-3-5-12(6-4-11)13-7-10-22-14(13)15-19-16(20-21-15)17(18)8-2-9-17;/h3-7,10H,2,8-9,18H2,1H3;1H. The molecule has 4 nitrogen and oxygen atoms in total. The molecule has 2 aromatic heterocycles. The molecule has 1 aliphatic carbocycles. The molecule has 0 radical (unpaired) electrons. The number of hydrogen-bond acceptors (Lipinski definition) is 5. The van der Waals surface area contributed by atoms with Crippen LogP contribution in [0.3, 0.4) is 0 Å². The Hall–Kier alpha value is -1.69. The molecule has 2 N–H and O–H groups in total. The van der Waals surface area contributed by atoms with Gasteiger partial charge in [0.2, 0.25) is 0 Å². The highest BCUT2D eigenvalue weighted by molar-refractivity contribution is 7.14. The molecule has 0 atom stereocenters. The summed E-state index contributed by atoms with van der Waals surface area (Å²) in [7, 11) is 0. The van der Waals surface area contributed by atoms with Crippen LogP contribution in [0.2, 0.25) is 0 Å². The first-order chi connectivity index (χ1) is 10.7. The van der Waals surface area contributed by atoms with Crippen LogP contribution in [-0.2, 0) is 5.54 Å². The van der Waals surface area contributed by atoms with E-state index >= 15 is 0 Å². The highest BCUT2D eigenvalue weighted by Crippen LogP contribution is 2.40. The van der Waals surface area contributed by atoms with Crippen LogP contribution in [0.15, 0.2) is 40.2 Å². The highest BCUT2D eigenvalue weighted by atomic mass is 35.5. The first-order valence-electron chi connectivity index (χ1n) is 7.44. The van der Waals surface area contributed by atoms with Gasteiger partial charge in [0, 0.05) is 5.56 Å². The normalized spacial score (nSPS) is 15.7. The lowest BCUT2D eigenvalue weighted by atomic mass is 9.77. The van der Waals surface area contributed by atoms with Crippen LogP contribution in [0.4, 0.5) is 0 Å². The van der Waals surface area contributed by atoms with Crippen LogP contribution in [0.1, 0.15) is 30.7 Å². The van der Waals surface area contributed by atoms with E-state index in [1.165, 1.54) is 5.56 Å². The molecule has 0 unspecified atom stereocenters. The largest absolute Gasteiger partial charge is 0.333 e. The average molecular weight is 348 g/mol. The molecule has 0 aliphatic heterocycles. The Morgan fingerprint density at radius 2 is 1.91 bits per heavy atom. The van der Waals surface area contributed by atoms with Crippen molar-refractivity contribution in [3.63, 3.8) is 0 Å². The minimum atomic E-state index is -0.386. The maximum atomic E-state index is 6.28. The minimum absolute atomic E-state index is 0. The fraction of sp³-hybridized carbons (Fsp3) is 0.294. The molecule has 1 fully saturated rings. The van der Waals surface area contributed by atoms with E-state index < -0.39 is 0 Å². The van der Waals surface area contributed by atoms with Crippen molar-refractivity contribution < 1.29 is 4.52 Å². The van der Waals surface area contributed by atoms with Crippen molar-refractivity contribution in [3.8, 4) is 21.9 Å². The van der Waals surface area contributed by atoms with Gasteiger partial charge in [0.1, 0.15) is 4.88 Å². The molecule has 0 bridgehead atoms. The Kier molecular flexibility index (Phi) is 4.27. The van der Waals surface area contributed by atoms with Crippen LogP contribution in [0.25, 0.3) is 21.9 Å². The molecule has 0 spiro atoms. The Bertz CT molecular complexity index is 805. The summed E-state index contributed by atoms with van der Waals surface area (Å²) in [5.74, 6) is 1.20. The number of rotatable bonds is 3. The maximum absolute atomic E-state index is 6.28. The fourth-order valence-electron chi connectivity index (χ4n) is 2.73. The molecule has 120 valence electrons. The molecule has 3 aromatic rings. The van der Waals surface area contributed by atoms with Crippen molar-refractivity contribution in [1.29, 1.82) is 0 Å². The third-order valence-corrected chi connectivity index (χ3v) is 5.24. The Morgan fingerprint density at radius 1 is 1.17 bits per heavy atom. The quantitative estimate of drug-likeness (QED) is 0.755. The van der Waals surface area contributed by atoms with E-state index in [1.54, 1.807) is 11.3 Å². The summed E-state index contributed by atoms with van der Waals surface area (Å²) in [5, 5.41) is 6.16. The Morgan fingerprint density at radius 3 is 2.57 bits per heavy atom. The fourth-order valence-corrected chi connectivity index (χ4v) is 3.57. The van der Waals surface area contributed by atoms with Gasteiger partial charge >= 0.3 is 0 Å². The third-order valence-electron chi connectivity index (χ3n) is 4.34. The predicted octanol–water partition coefficient (Wildman–Crippen LogP) is 4.53. The molecule has 0 amide bonds. The molecule has 6 heteroatoms. The second kappa shape index (κ2) is 6.07.